The molecule has 4 heteroatoms. The third-order valence-corrected chi connectivity index (χ3v) is 2.72. The summed E-state index contributed by atoms with van der Waals surface area (Å²) in [5.41, 5.74) is 1.66. The van der Waals surface area contributed by atoms with E-state index in [1.165, 1.54) is 0 Å². The van der Waals surface area contributed by atoms with Crippen molar-refractivity contribution in [1.29, 1.82) is 0 Å². The average Bonchev–Trinajstić information content (AvgIpc) is 2.38. The monoisotopic (exact) mass is 278 g/mol. The van der Waals surface area contributed by atoms with Gasteiger partial charge in [-0.15, -0.1) is 0 Å². The first-order chi connectivity index (χ1) is 8.99. The SMILES string of the molecule is C=C(Oc1ccc(Cl)cc1C(=C/C)/N=C\C)N(C)C. The zero-order valence-corrected chi connectivity index (χ0v) is 12.5. The van der Waals surface area contributed by atoms with E-state index in [0.29, 0.717) is 16.7 Å². The molecule has 0 amide bonds. The van der Waals surface area contributed by atoms with E-state index in [-0.39, 0.29) is 0 Å². The topological polar surface area (TPSA) is 24.8 Å². The molecule has 0 saturated carbocycles. The predicted octanol–water partition coefficient (Wildman–Crippen LogP) is 4.20. The van der Waals surface area contributed by atoms with E-state index < -0.39 is 0 Å². The first kappa shape index (κ1) is 15.3. The summed E-state index contributed by atoms with van der Waals surface area (Å²) >= 11 is 6.05. The van der Waals surface area contributed by atoms with E-state index >= 15 is 0 Å². The number of allylic oxidation sites excluding steroid dienone is 1. The summed E-state index contributed by atoms with van der Waals surface area (Å²) in [6.07, 6.45) is 3.65. The van der Waals surface area contributed by atoms with Gasteiger partial charge in [-0.05, 0) is 38.6 Å². The first-order valence-corrected chi connectivity index (χ1v) is 6.36. The van der Waals surface area contributed by atoms with Gasteiger partial charge in [0.15, 0.2) is 5.88 Å². The third-order valence-electron chi connectivity index (χ3n) is 2.49. The molecule has 0 fully saturated rings. The molecule has 0 aliphatic heterocycles. The number of aliphatic imine (C=N–C) groups is 1. The molecule has 0 aromatic heterocycles. The van der Waals surface area contributed by atoms with Crippen molar-refractivity contribution in [3.05, 3.63) is 47.3 Å². The maximum atomic E-state index is 6.05. The Balaban J connectivity index is 3.22. The van der Waals surface area contributed by atoms with Gasteiger partial charge >= 0.3 is 0 Å². The molecule has 0 unspecified atom stereocenters. The van der Waals surface area contributed by atoms with E-state index in [9.17, 15) is 0 Å². The van der Waals surface area contributed by atoms with Gasteiger partial charge in [0.25, 0.3) is 0 Å². The molecule has 0 N–H and O–H groups in total. The molecule has 0 heterocycles. The van der Waals surface area contributed by atoms with Crippen LogP contribution in [0.2, 0.25) is 5.02 Å². The highest BCUT2D eigenvalue weighted by atomic mass is 35.5. The van der Waals surface area contributed by atoms with Crippen LogP contribution in [0, 0.1) is 0 Å². The van der Waals surface area contributed by atoms with Crippen molar-refractivity contribution in [3.8, 4) is 5.75 Å². The highest BCUT2D eigenvalue weighted by Crippen LogP contribution is 2.31. The van der Waals surface area contributed by atoms with Gasteiger partial charge in [0.2, 0.25) is 0 Å². The standard InChI is InChI=1S/C15H19ClN2O/c1-6-14(17-7-2)13-10-12(16)8-9-15(13)19-11(3)18(4)5/h6-10H,3H2,1-2,4-5H3/b14-6-,17-7-. The van der Waals surface area contributed by atoms with Crippen molar-refractivity contribution in [1.82, 2.24) is 4.90 Å². The van der Waals surface area contributed by atoms with Crippen LogP contribution in [0.4, 0.5) is 0 Å². The van der Waals surface area contributed by atoms with Gasteiger partial charge < -0.3 is 9.64 Å². The van der Waals surface area contributed by atoms with Gasteiger partial charge in [-0.25, -0.2) is 0 Å². The maximum Gasteiger partial charge on any atom is 0.188 e. The van der Waals surface area contributed by atoms with Gasteiger partial charge in [-0.3, -0.25) is 4.99 Å². The summed E-state index contributed by atoms with van der Waals surface area (Å²) in [7, 11) is 3.75. The minimum atomic E-state index is 0.555. The second kappa shape index (κ2) is 7.00. The van der Waals surface area contributed by atoms with Crippen LogP contribution < -0.4 is 4.74 Å². The Labute approximate surface area is 119 Å². The fourth-order valence-electron chi connectivity index (χ4n) is 1.45. The third kappa shape index (κ3) is 4.14. The summed E-state index contributed by atoms with van der Waals surface area (Å²) in [5, 5.41) is 0.642. The van der Waals surface area contributed by atoms with Gasteiger partial charge in [-0.1, -0.05) is 17.7 Å². The van der Waals surface area contributed by atoms with E-state index in [4.69, 9.17) is 16.3 Å². The Kier molecular flexibility index (Phi) is 5.64. The highest BCUT2D eigenvalue weighted by Gasteiger charge is 2.10. The lowest BCUT2D eigenvalue weighted by molar-refractivity contribution is 0.283. The van der Waals surface area contributed by atoms with E-state index in [0.717, 1.165) is 11.3 Å². The fraction of sp³-hybridized carbons (Fsp3) is 0.267. The summed E-state index contributed by atoms with van der Waals surface area (Å²) < 4.78 is 5.75. The lowest BCUT2D eigenvalue weighted by atomic mass is 10.1. The molecule has 0 bridgehead atoms. The van der Waals surface area contributed by atoms with Gasteiger partial charge in [-0.2, -0.15) is 0 Å². The average molecular weight is 279 g/mol. The molecule has 0 radical (unpaired) electrons. The smallest absolute Gasteiger partial charge is 0.188 e. The highest BCUT2D eigenvalue weighted by molar-refractivity contribution is 6.30. The van der Waals surface area contributed by atoms with Gasteiger partial charge in [0.1, 0.15) is 5.75 Å². The molecule has 102 valence electrons. The molecule has 0 aliphatic rings. The number of hydrogen-bond acceptors (Lipinski definition) is 3. The molecule has 0 aliphatic carbocycles. The van der Waals surface area contributed by atoms with Gasteiger partial charge in [0.05, 0.1) is 5.70 Å². The van der Waals surface area contributed by atoms with E-state index in [1.807, 2.05) is 46.2 Å². The fourth-order valence-corrected chi connectivity index (χ4v) is 1.62. The summed E-state index contributed by atoms with van der Waals surface area (Å²) in [6, 6.07) is 5.44. The van der Waals surface area contributed by atoms with Crippen molar-refractivity contribution in [3.63, 3.8) is 0 Å². The zero-order valence-electron chi connectivity index (χ0n) is 11.8. The van der Waals surface area contributed by atoms with Crippen LogP contribution in [0.15, 0.2) is 41.7 Å². The number of halogens is 1. The number of benzene rings is 1. The van der Waals surface area contributed by atoms with Crippen LogP contribution >= 0.6 is 11.6 Å². The van der Waals surface area contributed by atoms with Gasteiger partial charge in [0, 0.05) is 30.9 Å². The lowest BCUT2D eigenvalue weighted by Crippen LogP contribution is -2.15. The van der Waals surface area contributed by atoms with Crippen LogP contribution in [-0.4, -0.2) is 25.2 Å². The Morgan fingerprint density at radius 3 is 2.58 bits per heavy atom. The summed E-state index contributed by atoms with van der Waals surface area (Å²) in [5.74, 6) is 1.24. The van der Waals surface area contributed by atoms with Crippen molar-refractivity contribution in [2.24, 2.45) is 4.99 Å². The van der Waals surface area contributed by atoms with E-state index in [1.54, 1.807) is 17.2 Å². The minimum Gasteiger partial charge on any atom is -0.441 e. The first-order valence-electron chi connectivity index (χ1n) is 5.98. The van der Waals surface area contributed by atoms with Crippen LogP contribution in [0.25, 0.3) is 5.70 Å². The summed E-state index contributed by atoms with van der Waals surface area (Å²) in [4.78, 5) is 6.12. The van der Waals surface area contributed by atoms with Crippen molar-refractivity contribution in [2.75, 3.05) is 14.1 Å². The molecule has 1 aromatic carbocycles. The molecular weight excluding hydrogens is 260 g/mol. The number of rotatable bonds is 5. The minimum absolute atomic E-state index is 0.555. The Hall–Kier alpha value is -1.74. The van der Waals surface area contributed by atoms with Crippen LogP contribution in [0.1, 0.15) is 19.4 Å². The number of nitrogens with zero attached hydrogens (tertiary/aromatic N) is 2. The molecule has 0 saturated heterocycles. The van der Waals surface area contributed by atoms with Crippen LogP contribution in [0.5, 0.6) is 5.75 Å². The van der Waals surface area contributed by atoms with Crippen molar-refractivity contribution < 1.29 is 4.74 Å². The van der Waals surface area contributed by atoms with Crippen LogP contribution in [-0.2, 0) is 0 Å². The largest absolute Gasteiger partial charge is 0.441 e. The Bertz CT molecular complexity index is 519. The second-order valence-electron chi connectivity index (χ2n) is 4.09. The Morgan fingerprint density at radius 1 is 1.37 bits per heavy atom. The molecule has 0 atom stereocenters. The van der Waals surface area contributed by atoms with Crippen molar-refractivity contribution in [2.45, 2.75) is 13.8 Å². The molecule has 3 nitrogen and oxygen atoms in total. The second-order valence-corrected chi connectivity index (χ2v) is 4.53. The molecule has 1 aromatic rings. The van der Waals surface area contributed by atoms with E-state index in [2.05, 4.69) is 11.6 Å². The molecule has 19 heavy (non-hydrogen) atoms. The number of ether oxygens (including phenoxy) is 1. The zero-order chi connectivity index (χ0) is 14.4. The normalized spacial score (nSPS) is 11.7. The molecular formula is C15H19ClN2O. The quantitative estimate of drug-likeness (QED) is 0.595. The Morgan fingerprint density at radius 2 is 2.05 bits per heavy atom. The predicted molar refractivity (Wildman–Crippen MR) is 82.7 cm³/mol. The number of hydrogen-bond donors (Lipinski definition) is 0. The molecule has 1 rings (SSSR count). The van der Waals surface area contributed by atoms with Crippen LogP contribution in [0.3, 0.4) is 0 Å². The maximum absolute atomic E-state index is 6.05. The molecule has 0 spiro atoms. The van der Waals surface area contributed by atoms with Crippen molar-refractivity contribution >= 4 is 23.5 Å². The lowest BCUT2D eigenvalue weighted by Gasteiger charge is -2.18. The summed E-state index contributed by atoms with van der Waals surface area (Å²) in [6.45, 7) is 7.65.